The van der Waals surface area contributed by atoms with Gasteiger partial charge in [-0.05, 0) is 48.4 Å². The summed E-state index contributed by atoms with van der Waals surface area (Å²) < 4.78 is 12.4. The standard InChI is InChI=1S/C23H23NO3/c1-5-14-24-21(17-10-12-19(26-3)13-11-17)15-20(23(25)27-4)22(24)18-8-6-16(2)7-9-18/h5-13,15H,1,14H2,2-4H3. The van der Waals surface area contributed by atoms with E-state index >= 15 is 0 Å². The summed E-state index contributed by atoms with van der Waals surface area (Å²) >= 11 is 0. The van der Waals surface area contributed by atoms with Crippen LogP contribution in [0.5, 0.6) is 5.75 Å². The van der Waals surface area contributed by atoms with Crippen LogP contribution in [0, 0.1) is 6.92 Å². The molecule has 0 fully saturated rings. The van der Waals surface area contributed by atoms with E-state index < -0.39 is 0 Å². The van der Waals surface area contributed by atoms with Gasteiger partial charge in [0, 0.05) is 12.2 Å². The number of ether oxygens (including phenoxy) is 2. The Kier molecular flexibility index (Phi) is 5.46. The minimum atomic E-state index is -0.358. The van der Waals surface area contributed by atoms with Crippen LogP contribution in [0.25, 0.3) is 22.5 Å². The van der Waals surface area contributed by atoms with Crippen LogP contribution in [0.1, 0.15) is 15.9 Å². The van der Waals surface area contributed by atoms with E-state index in [1.807, 2.05) is 67.6 Å². The van der Waals surface area contributed by atoms with Crippen LogP contribution in [0.3, 0.4) is 0 Å². The van der Waals surface area contributed by atoms with Gasteiger partial charge in [-0.3, -0.25) is 0 Å². The zero-order chi connectivity index (χ0) is 19.4. The third-order valence-corrected chi connectivity index (χ3v) is 4.52. The number of aryl methyl sites for hydroxylation is 1. The Hall–Kier alpha value is -3.27. The molecule has 0 atom stereocenters. The van der Waals surface area contributed by atoms with Crippen molar-refractivity contribution >= 4 is 5.97 Å². The highest BCUT2D eigenvalue weighted by Gasteiger charge is 2.22. The van der Waals surface area contributed by atoms with Gasteiger partial charge < -0.3 is 14.0 Å². The number of methoxy groups -OCH3 is 2. The van der Waals surface area contributed by atoms with Gasteiger partial charge in [0.15, 0.2) is 0 Å². The lowest BCUT2D eigenvalue weighted by Gasteiger charge is -2.13. The second-order valence-electron chi connectivity index (χ2n) is 6.28. The average Bonchev–Trinajstić information content (AvgIpc) is 3.07. The number of hydrogen-bond acceptors (Lipinski definition) is 3. The van der Waals surface area contributed by atoms with Gasteiger partial charge in [-0.15, -0.1) is 6.58 Å². The van der Waals surface area contributed by atoms with Crippen LogP contribution in [0.15, 0.2) is 67.3 Å². The average molecular weight is 361 g/mol. The summed E-state index contributed by atoms with van der Waals surface area (Å²) in [4.78, 5) is 12.5. The van der Waals surface area contributed by atoms with E-state index in [1.54, 1.807) is 7.11 Å². The molecule has 0 aliphatic heterocycles. The number of benzene rings is 2. The maximum atomic E-state index is 12.5. The molecule has 2 aromatic carbocycles. The summed E-state index contributed by atoms with van der Waals surface area (Å²) in [5.74, 6) is 0.427. The maximum Gasteiger partial charge on any atom is 0.340 e. The molecule has 1 aromatic heterocycles. The van der Waals surface area contributed by atoms with Crippen molar-refractivity contribution in [2.45, 2.75) is 13.5 Å². The second-order valence-corrected chi connectivity index (χ2v) is 6.28. The summed E-state index contributed by atoms with van der Waals surface area (Å²) in [5.41, 5.74) is 5.40. The molecule has 0 amide bonds. The summed E-state index contributed by atoms with van der Waals surface area (Å²) in [6.07, 6.45) is 1.83. The summed E-state index contributed by atoms with van der Waals surface area (Å²) in [6, 6.07) is 17.8. The van der Waals surface area contributed by atoms with Crippen LogP contribution < -0.4 is 4.74 Å². The van der Waals surface area contributed by atoms with Gasteiger partial charge in [0.2, 0.25) is 0 Å². The normalized spacial score (nSPS) is 10.5. The number of allylic oxidation sites excluding steroid dienone is 1. The molecule has 0 unspecified atom stereocenters. The molecule has 3 aromatic rings. The van der Waals surface area contributed by atoms with E-state index in [0.29, 0.717) is 12.1 Å². The molecule has 138 valence electrons. The van der Waals surface area contributed by atoms with E-state index in [-0.39, 0.29) is 5.97 Å². The van der Waals surface area contributed by atoms with Crippen LogP contribution >= 0.6 is 0 Å². The molecule has 3 rings (SSSR count). The van der Waals surface area contributed by atoms with Crippen LogP contribution in [-0.2, 0) is 11.3 Å². The first-order chi connectivity index (χ1) is 13.1. The Morgan fingerprint density at radius 3 is 2.22 bits per heavy atom. The topological polar surface area (TPSA) is 40.5 Å². The molecule has 0 aliphatic carbocycles. The van der Waals surface area contributed by atoms with E-state index in [9.17, 15) is 4.79 Å². The molecule has 4 nitrogen and oxygen atoms in total. The number of carbonyl (C=O) groups excluding carboxylic acids is 1. The van der Waals surface area contributed by atoms with E-state index in [1.165, 1.54) is 7.11 Å². The smallest absolute Gasteiger partial charge is 0.340 e. The molecule has 0 saturated carbocycles. The first kappa shape index (κ1) is 18.5. The van der Waals surface area contributed by atoms with E-state index in [4.69, 9.17) is 9.47 Å². The van der Waals surface area contributed by atoms with Crippen molar-refractivity contribution in [3.63, 3.8) is 0 Å². The Bertz CT molecular complexity index is 951. The fourth-order valence-corrected chi connectivity index (χ4v) is 3.16. The Morgan fingerprint density at radius 2 is 1.67 bits per heavy atom. The predicted octanol–water partition coefficient (Wildman–Crippen LogP) is 5.11. The quantitative estimate of drug-likeness (QED) is 0.452. The van der Waals surface area contributed by atoms with Crippen molar-refractivity contribution in [3.05, 3.63) is 78.4 Å². The molecule has 0 bridgehead atoms. The van der Waals surface area contributed by atoms with Gasteiger partial charge in [0.05, 0.1) is 25.5 Å². The highest BCUT2D eigenvalue weighted by Crippen LogP contribution is 2.34. The highest BCUT2D eigenvalue weighted by molar-refractivity contribution is 5.98. The Balaban J connectivity index is 2.25. The molecule has 4 heteroatoms. The lowest BCUT2D eigenvalue weighted by molar-refractivity contribution is 0.0601. The van der Waals surface area contributed by atoms with Crippen LogP contribution in [0.2, 0.25) is 0 Å². The minimum absolute atomic E-state index is 0.358. The number of rotatable bonds is 6. The Labute approximate surface area is 159 Å². The maximum absolute atomic E-state index is 12.5. The number of esters is 1. The van der Waals surface area contributed by atoms with Crippen molar-refractivity contribution in [2.24, 2.45) is 0 Å². The molecule has 0 N–H and O–H groups in total. The van der Waals surface area contributed by atoms with Gasteiger partial charge in [-0.2, -0.15) is 0 Å². The van der Waals surface area contributed by atoms with Gasteiger partial charge in [-0.1, -0.05) is 35.9 Å². The second kappa shape index (κ2) is 7.96. The SMILES string of the molecule is C=CCn1c(-c2ccc(OC)cc2)cc(C(=O)OC)c1-c1ccc(C)cc1. The van der Waals surface area contributed by atoms with Crippen LogP contribution in [-0.4, -0.2) is 24.8 Å². The first-order valence-electron chi connectivity index (χ1n) is 8.73. The molecule has 27 heavy (non-hydrogen) atoms. The first-order valence-corrected chi connectivity index (χ1v) is 8.73. The third-order valence-electron chi connectivity index (χ3n) is 4.52. The van der Waals surface area contributed by atoms with Crippen molar-refractivity contribution in [1.82, 2.24) is 4.57 Å². The van der Waals surface area contributed by atoms with Crippen molar-refractivity contribution < 1.29 is 14.3 Å². The fourth-order valence-electron chi connectivity index (χ4n) is 3.16. The lowest BCUT2D eigenvalue weighted by atomic mass is 10.1. The molecule has 0 saturated heterocycles. The van der Waals surface area contributed by atoms with Gasteiger partial charge in [-0.25, -0.2) is 4.79 Å². The van der Waals surface area contributed by atoms with Crippen molar-refractivity contribution in [3.8, 4) is 28.3 Å². The fraction of sp³-hybridized carbons (Fsp3) is 0.174. The summed E-state index contributed by atoms with van der Waals surface area (Å²) in [6.45, 7) is 6.49. The molecule has 0 spiro atoms. The van der Waals surface area contributed by atoms with Gasteiger partial charge in [0.25, 0.3) is 0 Å². The number of nitrogens with zero attached hydrogens (tertiary/aromatic N) is 1. The zero-order valence-corrected chi connectivity index (χ0v) is 15.9. The summed E-state index contributed by atoms with van der Waals surface area (Å²) in [7, 11) is 3.04. The van der Waals surface area contributed by atoms with Gasteiger partial charge >= 0.3 is 5.97 Å². The lowest BCUT2D eigenvalue weighted by Crippen LogP contribution is -2.05. The van der Waals surface area contributed by atoms with Gasteiger partial charge in [0.1, 0.15) is 5.75 Å². The molecular weight excluding hydrogens is 338 g/mol. The number of hydrogen-bond donors (Lipinski definition) is 0. The largest absolute Gasteiger partial charge is 0.497 e. The predicted molar refractivity (Wildman–Crippen MR) is 108 cm³/mol. The van der Waals surface area contributed by atoms with E-state index in [2.05, 4.69) is 11.1 Å². The molecular formula is C23H23NO3. The van der Waals surface area contributed by atoms with Crippen molar-refractivity contribution in [1.29, 1.82) is 0 Å². The third kappa shape index (κ3) is 3.65. The number of carbonyl (C=O) groups is 1. The molecule has 0 radical (unpaired) electrons. The van der Waals surface area contributed by atoms with Crippen LogP contribution in [0.4, 0.5) is 0 Å². The molecule has 1 heterocycles. The summed E-state index contributed by atoms with van der Waals surface area (Å²) in [5, 5.41) is 0. The number of aromatic nitrogens is 1. The Morgan fingerprint density at radius 1 is 1.04 bits per heavy atom. The molecule has 0 aliphatic rings. The van der Waals surface area contributed by atoms with Crippen molar-refractivity contribution in [2.75, 3.05) is 14.2 Å². The zero-order valence-electron chi connectivity index (χ0n) is 15.9. The highest BCUT2D eigenvalue weighted by atomic mass is 16.5. The van der Waals surface area contributed by atoms with E-state index in [0.717, 1.165) is 33.8 Å². The monoisotopic (exact) mass is 361 g/mol. The minimum Gasteiger partial charge on any atom is -0.497 e.